The summed E-state index contributed by atoms with van der Waals surface area (Å²) in [5.74, 6) is -0.832. The van der Waals surface area contributed by atoms with Crippen molar-refractivity contribution in [2.75, 3.05) is 25.7 Å². The fourth-order valence-corrected chi connectivity index (χ4v) is 3.10. The number of hydrogen-bond donors (Lipinski definition) is 1. The van der Waals surface area contributed by atoms with E-state index in [9.17, 15) is 26.7 Å². The molecule has 0 aliphatic carbocycles. The first-order valence-corrected chi connectivity index (χ1v) is 11.2. The van der Waals surface area contributed by atoms with Crippen LogP contribution >= 0.6 is 0 Å². The average molecular weight is 423 g/mol. The van der Waals surface area contributed by atoms with Crippen molar-refractivity contribution in [2.45, 2.75) is 17.8 Å². The average Bonchev–Trinajstić information content (AvgIpc) is 2.88. The number of ether oxygens (including phenoxy) is 2. The maximum absolute atomic E-state index is 12.3. The van der Waals surface area contributed by atoms with Crippen LogP contribution in [0, 0.1) is 6.61 Å². The molecule has 1 N–H and O–H groups in total. The molecular formula is C15H19O10S2. The third-order valence-electron chi connectivity index (χ3n) is 3.55. The molecule has 0 amide bonds. The molecule has 0 saturated carbocycles. The van der Waals surface area contributed by atoms with Crippen LogP contribution in [0.4, 0.5) is 0 Å². The van der Waals surface area contributed by atoms with E-state index in [0.717, 1.165) is 19.1 Å². The first-order chi connectivity index (χ1) is 12.4. The molecule has 1 aromatic rings. The van der Waals surface area contributed by atoms with E-state index in [0.29, 0.717) is 0 Å². The maximum Gasteiger partial charge on any atom is 0.338 e. The summed E-state index contributed by atoms with van der Waals surface area (Å²) in [6, 6.07) is 7.81. The second kappa shape index (κ2) is 8.20. The van der Waals surface area contributed by atoms with Gasteiger partial charge < -0.3 is 14.6 Å². The van der Waals surface area contributed by atoms with Crippen molar-refractivity contribution < 1.29 is 44.6 Å². The third kappa shape index (κ3) is 6.23. The minimum absolute atomic E-state index is 0.165. The molecule has 0 bridgehead atoms. The lowest BCUT2D eigenvalue weighted by molar-refractivity contribution is -0.107. The van der Waals surface area contributed by atoms with E-state index in [1.54, 1.807) is 18.2 Å². The van der Waals surface area contributed by atoms with Crippen LogP contribution < -0.4 is 0 Å². The highest BCUT2D eigenvalue weighted by Crippen LogP contribution is 2.34. The largest absolute Gasteiger partial charge is 0.453 e. The molecule has 2 rings (SSSR count). The van der Waals surface area contributed by atoms with Crippen LogP contribution in [-0.4, -0.2) is 71.4 Å². The van der Waals surface area contributed by atoms with Gasteiger partial charge in [0.15, 0.2) is 11.7 Å². The SMILES string of the molecule is CS(=O)(=O)OCC1(COS(C)(=O)=O)O[CH][C@@H](O)[C@H]1OC(=O)c1ccccc1. The number of esters is 1. The third-order valence-corrected chi connectivity index (χ3v) is 4.64. The summed E-state index contributed by atoms with van der Waals surface area (Å²) in [5.41, 5.74) is -1.73. The Morgan fingerprint density at radius 2 is 1.59 bits per heavy atom. The van der Waals surface area contributed by atoms with Gasteiger partial charge in [-0.1, -0.05) is 18.2 Å². The van der Waals surface area contributed by atoms with Gasteiger partial charge in [-0.3, -0.25) is 8.37 Å². The van der Waals surface area contributed by atoms with E-state index < -0.39 is 57.2 Å². The lowest BCUT2D eigenvalue weighted by Gasteiger charge is -2.32. The Hall–Kier alpha value is -1.57. The van der Waals surface area contributed by atoms with Crippen LogP contribution in [0.3, 0.4) is 0 Å². The number of rotatable bonds is 8. The second-order valence-corrected chi connectivity index (χ2v) is 9.22. The Balaban J connectivity index is 2.28. The zero-order valence-corrected chi connectivity index (χ0v) is 16.1. The van der Waals surface area contributed by atoms with Crippen LogP contribution in [0.15, 0.2) is 30.3 Å². The number of hydrogen-bond acceptors (Lipinski definition) is 10. The first-order valence-electron chi connectivity index (χ1n) is 7.56. The summed E-state index contributed by atoms with van der Waals surface area (Å²) in [6.07, 6.45) is -1.39. The lowest BCUT2D eigenvalue weighted by Crippen LogP contribution is -2.53. The standard InChI is InChI=1S/C15H19O10S2/c1-26(18,19)23-9-15(10-24-27(2,20)21)13(12(16)8-22-15)25-14(17)11-6-4-3-5-7-11/h3-8,12-13,16H,9-10H2,1-2H3/t12-,13-/m1/s1. The molecule has 0 spiro atoms. The van der Waals surface area contributed by atoms with E-state index >= 15 is 0 Å². The molecule has 1 heterocycles. The van der Waals surface area contributed by atoms with Crippen molar-refractivity contribution >= 4 is 26.2 Å². The quantitative estimate of drug-likeness (QED) is 0.427. The number of aliphatic hydroxyl groups excluding tert-OH is 1. The van der Waals surface area contributed by atoms with Gasteiger partial charge in [-0.05, 0) is 12.1 Å². The fraction of sp³-hybridized carbons (Fsp3) is 0.467. The van der Waals surface area contributed by atoms with Gasteiger partial charge in [0.25, 0.3) is 20.2 Å². The number of benzene rings is 1. The topological polar surface area (TPSA) is 143 Å². The summed E-state index contributed by atoms with van der Waals surface area (Å²) in [4.78, 5) is 12.3. The molecule has 1 aliphatic rings. The van der Waals surface area contributed by atoms with Gasteiger partial charge in [-0.15, -0.1) is 0 Å². The van der Waals surface area contributed by atoms with Gasteiger partial charge in [0.1, 0.15) is 25.9 Å². The summed E-state index contributed by atoms with van der Waals surface area (Å²) in [5, 5.41) is 10.1. The van der Waals surface area contributed by atoms with Crippen molar-refractivity contribution in [1.29, 1.82) is 0 Å². The number of carbonyl (C=O) groups is 1. The fourth-order valence-electron chi connectivity index (χ4n) is 2.28. The predicted molar refractivity (Wildman–Crippen MR) is 91.4 cm³/mol. The molecule has 1 radical (unpaired) electrons. The molecule has 1 aliphatic heterocycles. The van der Waals surface area contributed by atoms with E-state index in [1.165, 1.54) is 12.1 Å². The monoisotopic (exact) mass is 423 g/mol. The van der Waals surface area contributed by atoms with Crippen molar-refractivity contribution in [3.05, 3.63) is 42.5 Å². The van der Waals surface area contributed by atoms with Gasteiger partial charge in [0, 0.05) is 0 Å². The van der Waals surface area contributed by atoms with E-state index in [-0.39, 0.29) is 5.56 Å². The molecule has 0 aromatic heterocycles. The minimum Gasteiger partial charge on any atom is -0.453 e. The molecule has 1 aromatic carbocycles. The summed E-state index contributed by atoms with van der Waals surface area (Å²) >= 11 is 0. The van der Waals surface area contributed by atoms with E-state index in [2.05, 4.69) is 0 Å². The first kappa shape index (κ1) is 21.7. The van der Waals surface area contributed by atoms with Gasteiger partial charge in [-0.25, -0.2) is 4.79 Å². The van der Waals surface area contributed by atoms with Crippen LogP contribution in [-0.2, 0) is 38.1 Å². The van der Waals surface area contributed by atoms with E-state index in [1.807, 2.05) is 0 Å². The Morgan fingerprint density at radius 3 is 2.07 bits per heavy atom. The van der Waals surface area contributed by atoms with Crippen LogP contribution in [0.2, 0.25) is 0 Å². The Kier molecular flexibility index (Phi) is 6.60. The Labute approximate surface area is 157 Å². The molecule has 12 heteroatoms. The van der Waals surface area contributed by atoms with Gasteiger partial charge in [0.2, 0.25) is 0 Å². The van der Waals surface area contributed by atoms with Crippen molar-refractivity contribution in [2.24, 2.45) is 0 Å². The molecule has 0 unspecified atom stereocenters. The maximum atomic E-state index is 12.3. The van der Waals surface area contributed by atoms with Crippen molar-refractivity contribution in [1.82, 2.24) is 0 Å². The Bertz CT molecular complexity index is 827. The summed E-state index contributed by atoms with van der Waals surface area (Å²) in [6.45, 7) is -0.608. The van der Waals surface area contributed by atoms with E-state index in [4.69, 9.17) is 17.8 Å². The van der Waals surface area contributed by atoms with Gasteiger partial charge in [0.05, 0.1) is 18.1 Å². The van der Waals surface area contributed by atoms with Gasteiger partial charge in [-0.2, -0.15) is 16.8 Å². The molecule has 1 fully saturated rings. The molecular weight excluding hydrogens is 404 g/mol. The minimum atomic E-state index is -3.95. The zero-order chi connectivity index (χ0) is 20.3. The molecule has 1 saturated heterocycles. The van der Waals surface area contributed by atoms with Gasteiger partial charge >= 0.3 is 5.97 Å². The second-order valence-electron chi connectivity index (χ2n) is 5.93. The Morgan fingerprint density at radius 1 is 1.07 bits per heavy atom. The smallest absolute Gasteiger partial charge is 0.338 e. The molecule has 151 valence electrons. The highest BCUT2D eigenvalue weighted by Gasteiger charge is 2.54. The molecule has 27 heavy (non-hydrogen) atoms. The summed E-state index contributed by atoms with van der Waals surface area (Å²) in [7, 11) is -7.89. The highest BCUT2D eigenvalue weighted by atomic mass is 32.2. The van der Waals surface area contributed by atoms with Crippen LogP contribution in [0.5, 0.6) is 0 Å². The lowest BCUT2D eigenvalue weighted by atomic mass is 9.97. The number of aliphatic hydroxyl groups is 1. The molecule has 2 atom stereocenters. The zero-order valence-electron chi connectivity index (χ0n) is 14.5. The highest BCUT2D eigenvalue weighted by molar-refractivity contribution is 7.86. The van der Waals surface area contributed by atoms with Crippen molar-refractivity contribution in [3.63, 3.8) is 0 Å². The van der Waals surface area contributed by atoms with Crippen LogP contribution in [0.1, 0.15) is 10.4 Å². The van der Waals surface area contributed by atoms with Crippen LogP contribution in [0.25, 0.3) is 0 Å². The predicted octanol–water partition coefficient (Wildman–Crippen LogP) is -0.544. The number of carbonyl (C=O) groups excluding carboxylic acids is 1. The summed E-state index contributed by atoms with van der Waals surface area (Å²) < 4.78 is 65.3. The van der Waals surface area contributed by atoms with Crippen molar-refractivity contribution in [3.8, 4) is 0 Å². The molecule has 10 nitrogen and oxygen atoms in total. The normalized spacial score (nSPS) is 22.5.